The van der Waals surface area contributed by atoms with Crippen molar-refractivity contribution in [2.45, 2.75) is 45.3 Å². The van der Waals surface area contributed by atoms with Crippen LogP contribution in [0.2, 0.25) is 0 Å². The fourth-order valence-electron chi connectivity index (χ4n) is 3.73. The van der Waals surface area contributed by atoms with Gasteiger partial charge in [0.2, 0.25) is 5.91 Å². The van der Waals surface area contributed by atoms with Crippen LogP contribution < -0.4 is 5.32 Å². The van der Waals surface area contributed by atoms with Crippen molar-refractivity contribution in [1.29, 1.82) is 0 Å². The Morgan fingerprint density at radius 3 is 2.70 bits per heavy atom. The number of aromatic nitrogens is 2. The van der Waals surface area contributed by atoms with E-state index in [1.165, 1.54) is 0 Å². The van der Waals surface area contributed by atoms with E-state index in [4.69, 9.17) is 4.74 Å². The molecule has 3 heterocycles. The summed E-state index contributed by atoms with van der Waals surface area (Å²) in [7, 11) is 1.78. The van der Waals surface area contributed by atoms with Crippen molar-refractivity contribution >= 4 is 24.4 Å². The summed E-state index contributed by atoms with van der Waals surface area (Å²) in [5, 5.41) is 7.71. The molecule has 1 aromatic rings. The van der Waals surface area contributed by atoms with Gasteiger partial charge in [-0.25, -0.2) is 4.79 Å². The number of piperidine rings is 1. The van der Waals surface area contributed by atoms with E-state index in [9.17, 15) is 9.59 Å². The molecule has 2 aliphatic heterocycles. The third kappa shape index (κ3) is 5.13. The van der Waals surface area contributed by atoms with Crippen molar-refractivity contribution in [2.24, 2.45) is 0 Å². The van der Waals surface area contributed by atoms with E-state index in [0.717, 1.165) is 50.3 Å². The first-order chi connectivity index (χ1) is 12.4. The van der Waals surface area contributed by atoms with Crippen LogP contribution in [0.5, 0.6) is 0 Å². The van der Waals surface area contributed by atoms with Crippen LogP contribution in [-0.2, 0) is 16.1 Å². The van der Waals surface area contributed by atoms with Crippen LogP contribution in [0, 0.1) is 13.8 Å². The highest BCUT2D eigenvalue weighted by molar-refractivity contribution is 5.85. The van der Waals surface area contributed by atoms with Gasteiger partial charge in [-0.3, -0.25) is 14.4 Å². The molecule has 0 aliphatic carbocycles. The van der Waals surface area contributed by atoms with Crippen molar-refractivity contribution in [3.63, 3.8) is 0 Å². The summed E-state index contributed by atoms with van der Waals surface area (Å²) < 4.78 is 7.57. The Hall–Kier alpha value is -1.80. The molecule has 0 radical (unpaired) electrons. The van der Waals surface area contributed by atoms with Gasteiger partial charge in [0.05, 0.1) is 12.2 Å². The Morgan fingerprint density at radius 1 is 1.37 bits per heavy atom. The predicted octanol–water partition coefficient (Wildman–Crippen LogP) is 1.34. The van der Waals surface area contributed by atoms with E-state index in [1.807, 2.05) is 24.6 Å². The van der Waals surface area contributed by atoms with Crippen molar-refractivity contribution in [3.05, 3.63) is 17.5 Å². The first kappa shape index (κ1) is 21.5. The van der Waals surface area contributed by atoms with Crippen LogP contribution in [0.15, 0.2) is 6.07 Å². The molecule has 2 aliphatic rings. The van der Waals surface area contributed by atoms with E-state index in [1.54, 1.807) is 16.8 Å². The summed E-state index contributed by atoms with van der Waals surface area (Å²) in [5.74, 6) is -0.0543. The minimum Gasteiger partial charge on any atom is -0.441 e. The molecule has 9 heteroatoms. The molecule has 1 N–H and O–H groups in total. The third-order valence-electron chi connectivity index (χ3n) is 5.27. The fourth-order valence-corrected chi connectivity index (χ4v) is 3.73. The number of hydrogen-bond donors (Lipinski definition) is 1. The average Bonchev–Trinajstić information content (AvgIpc) is 3.06. The number of aryl methyl sites for hydroxylation is 3. The zero-order valence-corrected chi connectivity index (χ0v) is 17.2. The number of rotatable bonds is 6. The molecule has 8 nitrogen and oxygen atoms in total. The number of nitrogens with zero attached hydrogens (tertiary/aromatic N) is 4. The molecule has 0 bridgehead atoms. The SMILES string of the molecule is Cc1cc(C)n(CCCN(C)C(=O)CN2CC3(CCNCC3)OC2=O)n1.Cl. The first-order valence-corrected chi connectivity index (χ1v) is 9.32. The standard InChI is InChI=1S/C18H29N5O3.ClH/c1-14-11-15(2)23(20-14)10-4-9-21(3)16(24)12-22-13-18(26-17(22)25)5-7-19-8-6-18;/h11,19H,4-10,12-13H2,1-3H3;1H. The Balaban J connectivity index is 0.00000261. The first-order valence-electron chi connectivity index (χ1n) is 9.32. The lowest BCUT2D eigenvalue weighted by Gasteiger charge is -2.31. The van der Waals surface area contributed by atoms with Crippen LogP contribution in [0.4, 0.5) is 4.79 Å². The van der Waals surface area contributed by atoms with E-state index < -0.39 is 5.60 Å². The molecule has 0 saturated carbocycles. The number of halogens is 1. The van der Waals surface area contributed by atoms with Crippen molar-refractivity contribution in [2.75, 3.05) is 39.8 Å². The molecule has 152 valence electrons. The summed E-state index contributed by atoms with van der Waals surface area (Å²) in [4.78, 5) is 27.9. The van der Waals surface area contributed by atoms with Gasteiger partial charge in [-0.1, -0.05) is 0 Å². The second kappa shape index (κ2) is 8.93. The number of amides is 2. The second-order valence-corrected chi connectivity index (χ2v) is 7.48. The van der Waals surface area contributed by atoms with Gasteiger partial charge in [0, 0.05) is 38.7 Å². The van der Waals surface area contributed by atoms with Gasteiger partial charge in [-0.2, -0.15) is 5.10 Å². The zero-order valence-electron chi connectivity index (χ0n) is 16.4. The van der Waals surface area contributed by atoms with Gasteiger partial charge in [0.15, 0.2) is 0 Å². The molecule has 1 spiro atoms. The van der Waals surface area contributed by atoms with E-state index in [2.05, 4.69) is 10.4 Å². The summed E-state index contributed by atoms with van der Waals surface area (Å²) in [6.45, 7) is 7.72. The molecule has 3 rings (SSSR count). The second-order valence-electron chi connectivity index (χ2n) is 7.48. The quantitative estimate of drug-likeness (QED) is 0.781. The summed E-state index contributed by atoms with van der Waals surface area (Å²) in [6, 6.07) is 2.05. The van der Waals surface area contributed by atoms with Gasteiger partial charge >= 0.3 is 6.09 Å². The van der Waals surface area contributed by atoms with E-state index in [-0.39, 0.29) is 31.0 Å². The number of nitrogens with one attached hydrogen (secondary N) is 1. The maximum atomic E-state index is 12.5. The zero-order chi connectivity index (χ0) is 18.7. The van der Waals surface area contributed by atoms with Crippen LogP contribution in [-0.4, -0.2) is 77.0 Å². The van der Waals surface area contributed by atoms with Crippen LogP contribution in [0.1, 0.15) is 30.7 Å². The van der Waals surface area contributed by atoms with Gasteiger partial charge in [-0.15, -0.1) is 12.4 Å². The smallest absolute Gasteiger partial charge is 0.410 e. The summed E-state index contributed by atoms with van der Waals surface area (Å²) in [6.07, 6.45) is 2.07. The highest BCUT2D eigenvalue weighted by Crippen LogP contribution is 2.30. The number of carbonyl (C=O) groups excluding carboxylic acids is 2. The topological polar surface area (TPSA) is 79.7 Å². The molecular weight excluding hydrogens is 370 g/mol. The number of carbonyl (C=O) groups is 2. The molecule has 0 unspecified atom stereocenters. The number of ether oxygens (including phenoxy) is 1. The lowest BCUT2D eigenvalue weighted by atomic mass is 9.92. The highest BCUT2D eigenvalue weighted by atomic mass is 35.5. The molecule has 0 aromatic carbocycles. The largest absolute Gasteiger partial charge is 0.441 e. The third-order valence-corrected chi connectivity index (χ3v) is 5.27. The Kier molecular flexibility index (Phi) is 7.11. The average molecular weight is 400 g/mol. The van der Waals surface area contributed by atoms with Crippen LogP contribution >= 0.6 is 12.4 Å². The molecule has 2 fully saturated rings. The van der Waals surface area contributed by atoms with Crippen molar-refractivity contribution in [3.8, 4) is 0 Å². The maximum absolute atomic E-state index is 12.5. The summed E-state index contributed by atoms with van der Waals surface area (Å²) >= 11 is 0. The molecule has 0 atom stereocenters. The monoisotopic (exact) mass is 399 g/mol. The predicted molar refractivity (Wildman–Crippen MR) is 104 cm³/mol. The molecular formula is C18H30ClN5O3. The number of likely N-dealkylation sites (N-methyl/N-ethyl adjacent to an activating group) is 1. The Morgan fingerprint density at radius 2 is 2.07 bits per heavy atom. The molecule has 27 heavy (non-hydrogen) atoms. The normalized spacial score (nSPS) is 18.3. The van der Waals surface area contributed by atoms with Gasteiger partial charge in [0.1, 0.15) is 12.1 Å². The Labute approximate surface area is 166 Å². The van der Waals surface area contributed by atoms with Gasteiger partial charge in [-0.05, 0) is 39.4 Å². The molecule has 2 saturated heterocycles. The molecule has 1 aromatic heterocycles. The van der Waals surface area contributed by atoms with Crippen LogP contribution in [0.25, 0.3) is 0 Å². The van der Waals surface area contributed by atoms with Crippen LogP contribution in [0.3, 0.4) is 0 Å². The van der Waals surface area contributed by atoms with E-state index in [0.29, 0.717) is 13.1 Å². The minimum absolute atomic E-state index is 0. The van der Waals surface area contributed by atoms with Crippen molar-refractivity contribution < 1.29 is 14.3 Å². The number of hydrogen-bond acceptors (Lipinski definition) is 5. The minimum atomic E-state index is -0.406. The lowest BCUT2D eigenvalue weighted by Crippen LogP contribution is -2.46. The maximum Gasteiger partial charge on any atom is 0.410 e. The fraction of sp³-hybridized carbons (Fsp3) is 0.722. The Bertz CT molecular complexity index is 672. The lowest BCUT2D eigenvalue weighted by molar-refractivity contribution is -0.130. The van der Waals surface area contributed by atoms with Gasteiger partial charge < -0.3 is 15.0 Å². The molecule has 2 amide bonds. The highest BCUT2D eigenvalue weighted by Gasteiger charge is 2.46. The van der Waals surface area contributed by atoms with Gasteiger partial charge in [0.25, 0.3) is 0 Å². The summed E-state index contributed by atoms with van der Waals surface area (Å²) in [5.41, 5.74) is 1.73. The van der Waals surface area contributed by atoms with E-state index >= 15 is 0 Å². The van der Waals surface area contributed by atoms with Crippen molar-refractivity contribution in [1.82, 2.24) is 24.9 Å².